The molecule has 1 aliphatic heterocycles. The largest absolute Gasteiger partial charge is 0.475 e. The molecule has 0 amide bonds. The summed E-state index contributed by atoms with van der Waals surface area (Å²) in [5.41, 5.74) is 0.482. The number of aliphatic carboxylic acids is 1. The number of benzene rings is 1. The van der Waals surface area contributed by atoms with E-state index in [1.165, 1.54) is 6.08 Å². The van der Waals surface area contributed by atoms with Crippen molar-refractivity contribution in [2.24, 2.45) is 0 Å². The molecule has 1 aliphatic rings. The molecule has 0 aliphatic carbocycles. The van der Waals surface area contributed by atoms with Gasteiger partial charge in [-0.3, -0.25) is 19.2 Å². The van der Waals surface area contributed by atoms with Crippen LogP contribution in [0.1, 0.15) is 33.3 Å². The van der Waals surface area contributed by atoms with Gasteiger partial charge in [-0.2, -0.15) is 0 Å². The Balaban J connectivity index is 2.51. The highest BCUT2D eigenvalue weighted by atomic mass is 16.7. The first kappa shape index (κ1) is 27.3. The second-order valence-corrected chi connectivity index (χ2v) is 7.41. The normalized spacial score (nSPS) is 24.0. The van der Waals surface area contributed by atoms with E-state index in [1.54, 1.807) is 30.3 Å². The smallest absolute Gasteiger partial charge is 0.371 e. The fraction of sp³-hybridized carbons (Fsp3) is 0.435. The predicted octanol–water partition coefficient (Wildman–Crippen LogP) is 1.21. The van der Waals surface area contributed by atoms with Crippen LogP contribution in [0.15, 0.2) is 36.1 Å². The zero-order chi connectivity index (χ0) is 26.1. The number of hydrogen-bond donors (Lipinski definition) is 1. The molecule has 0 saturated carbocycles. The van der Waals surface area contributed by atoms with Gasteiger partial charge in [0.15, 0.2) is 12.2 Å². The highest BCUT2D eigenvalue weighted by Crippen LogP contribution is 2.31. The van der Waals surface area contributed by atoms with E-state index in [2.05, 4.69) is 0 Å². The molecular weight excluding hydrogens is 468 g/mol. The van der Waals surface area contributed by atoms with Crippen molar-refractivity contribution in [3.63, 3.8) is 0 Å². The number of carboxylic acids is 1. The maximum absolute atomic E-state index is 11.9. The van der Waals surface area contributed by atoms with Gasteiger partial charge in [-0.25, -0.2) is 4.79 Å². The summed E-state index contributed by atoms with van der Waals surface area (Å²) < 4.78 is 32.1. The van der Waals surface area contributed by atoms with E-state index in [0.717, 1.165) is 27.7 Å². The van der Waals surface area contributed by atoms with Crippen molar-refractivity contribution < 1.29 is 57.5 Å². The number of esters is 4. The minimum absolute atomic E-state index is 0.470. The fourth-order valence-corrected chi connectivity index (χ4v) is 3.26. The molecule has 5 atom stereocenters. The van der Waals surface area contributed by atoms with Gasteiger partial charge < -0.3 is 33.5 Å². The molecule has 0 spiro atoms. The molecule has 12 heteroatoms. The van der Waals surface area contributed by atoms with Crippen LogP contribution in [0.25, 0.3) is 6.08 Å². The van der Waals surface area contributed by atoms with Gasteiger partial charge in [0, 0.05) is 27.7 Å². The third kappa shape index (κ3) is 8.41. The Hall–Kier alpha value is -3.93. The van der Waals surface area contributed by atoms with Crippen LogP contribution in [0.3, 0.4) is 0 Å². The molecule has 0 bridgehead atoms. The Bertz CT molecular complexity index is 970. The van der Waals surface area contributed by atoms with Gasteiger partial charge in [-0.1, -0.05) is 30.3 Å². The van der Waals surface area contributed by atoms with Crippen LogP contribution < -0.4 is 0 Å². The van der Waals surface area contributed by atoms with Crippen LogP contribution in [0, 0.1) is 0 Å². The number of carbonyl (C=O) groups excluding carboxylic acids is 4. The van der Waals surface area contributed by atoms with Gasteiger partial charge in [0.25, 0.3) is 0 Å². The Morgan fingerprint density at radius 2 is 1.34 bits per heavy atom. The number of carbonyl (C=O) groups is 5. The Kier molecular flexibility index (Phi) is 9.76. The predicted molar refractivity (Wildman–Crippen MR) is 115 cm³/mol. The van der Waals surface area contributed by atoms with Crippen LogP contribution in [0.2, 0.25) is 0 Å². The van der Waals surface area contributed by atoms with E-state index in [-0.39, 0.29) is 0 Å². The lowest BCUT2D eigenvalue weighted by molar-refractivity contribution is -0.299. The summed E-state index contributed by atoms with van der Waals surface area (Å²) in [4.78, 5) is 58.7. The fourth-order valence-electron chi connectivity index (χ4n) is 3.26. The monoisotopic (exact) mass is 494 g/mol. The first-order valence-corrected chi connectivity index (χ1v) is 10.4. The van der Waals surface area contributed by atoms with Gasteiger partial charge in [-0.15, -0.1) is 0 Å². The maximum Gasteiger partial charge on any atom is 0.371 e. The first-order chi connectivity index (χ1) is 16.5. The highest BCUT2D eigenvalue weighted by Gasteiger charge is 2.53. The van der Waals surface area contributed by atoms with E-state index >= 15 is 0 Å². The highest BCUT2D eigenvalue weighted by molar-refractivity contribution is 5.89. The second kappa shape index (κ2) is 12.5. The van der Waals surface area contributed by atoms with Gasteiger partial charge in [0.05, 0.1) is 0 Å². The number of rotatable bonds is 9. The van der Waals surface area contributed by atoms with Crippen molar-refractivity contribution in [3.8, 4) is 0 Å². The lowest BCUT2D eigenvalue weighted by Gasteiger charge is -2.43. The summed E-state index contributed by atoms with van der Waals surface area (Å²) in [5.74, 6) is -5.20. The summed E-state index contributed by atoms with van der Waals surface area (Å²) in [6, 6.07) is 8.34. The molecule has 1 fully saturated rings. The second-order valence-electron chi connectivity index (χ2n) is 7.41. The average Bonchev–Trinajstić information content (AvgIpc) is 2.75. The number of carboxylic acid groups (broad SMARTS) is 1. The van der Waals surface area contributed by atoms with Gasteiger partial charge in [0.2, 0.25) is 18.2 Å². The number of hydrogen-bond acceptors (Lipinski definition) is 11. The molecule has 1 saturated heterocycles. The van der Waals surface area contributed by atoms with E-state index < -0.39 is 72.9 Å². The SMILES string of the molecule is CC(=O)OC[C@@H]1O[C@H](O/C(=C\c2ccccc2)C(=O)O)[C@@H](OC(C)=O)[C@H](OC(C)=O)[C@@H]1OC(C)=O. The summed E-state index contributed by atoms with van der Waals surface area (Å²) in [6.45, 7) is 3.88. The van der Waals surface area contributed by atoms with Crippen LogP contribution in [0.5, 0.6) is 0 Å². The van der Waals surface area contributed by atoms with Crippen LogP contribution >= 0.6 is 0 Å². The molecular formula is C23H26O12. The minimum Gasteiger partial charge on any atom is -0.475 e. The van der Waals surface area contributed by atoms with Crippen LogP contribution in [0.4, 0.5) is 0 Å². The van der Waals surface area contributed by atoms with Gasteiger partial charge in [-0.05, 0) is 11.6 Å². The zero-order valence-corrected chi connectivity index (χ0v) is 19.5. The third-order valence-electron chi connectivity index (χ3n) is 4.50. The van der Waals surface area contributed by atoms with Crippen molar-refractivity contribution >= 4 is 35.9 Å². The van der Waals surface area contributed by atoms with E-state index in [0.29, 0.717) is 5.56 Å². The molecule has 0 aromatic heterocycles. The molecule has 35 heavy (non-hydrogen) atoms. The maximum atomic E-state index is 11.9. The minimum atomic E-state index is -1.65. The molecule has 0 radical (unpaired) electrons. The van der Waals surface area contributed by atoms with Crippen molar-refractivity contribution in [1.82, 2.24) is 0 Å². The first-order valence-electron chi connectivity index (χ1n) is 10.4. The molecule has 1 heterocycles. The molecule has 190 valence electrons. The van der Waals surface area contributed by atoms with Crippen molar-refractivity contribution in [3.05, 3.63) is 41.7 Å². The standard InChI is InChI=1S/C23H26O12/c1-12(24)30-11-18-19(31-13(2)25)20(32-14(3)26)21(33-15(4)27)23(35-18)34-17(22(28)29)10-16-8-6-5-7-9-16/h5-10,18-21,23H,11H2,1-4H3,(H,28,29)/b17-10-/t18-,19+,20+,21-,23-/m0/s1. The summed E-state index contributed by atoms with van der Waals surface area (Å²) in [7, 11) is 0. The summed E-state index contributed by atoms with van der Waals surface area (Å²) in [6.07, 6.45) is -6.13. The molecule has 1 N–H and O–H groups in total. The Labute approximate surface area is 200 Å². The van der Waals surface area contributed by atoms with Gasteiger partial charge in [0.1, 0.15) is 12.7 Å². The lowest BCUT2D eigenvalue weighted by Crippen LogP contribution is -2.63. The zero-order valence-electron chi connectivity index (χ0n) is 19.5. The van der Waals surface area contributed by atoms with E-state index in [4.69, 9.17) is 28.4 Å². The van der Waals surface area contributed by atoms with Crippen molar-refractivity contribution in [1.29, 1.82) is 0 Å². The molecule has 0 unspecified atom stereocenters. The topological polar surface area (TPSA) is 161 Å². The lowest BCUT2D eigenvalue weighted by atomic mass is 9.98. The van der Waals surface area contributed by atoms with Crippen LogP contribution in [-0.2, 0) is 52.4 Å². The third-order valence-corrected chi connectivity index (χ3v) is 4.50. The Morgan fingerprint density at radius 1 is 0.800 bits per heavy atom. The quantitative estimate of drug-likeness (QED) is 0.226. The van der Waals surface area contributed by atoms with Crippen LogP contribution in [-0.4, -0.2) is 72.3 Å². The molecule has 1 aromatic rings. The van der Waals surface area contributed by atoms with Gasteiger partial charge >= 0.3 is 29.8 Å². The summed E-state index contributed by atoms with van der Waals surface area (Å²) in [5, 5.41) is 9.68. The molecule has 2 rings (SSSR count). The van der Waals surface area contributed by atoms with E-state index in [9.17, 15) is 29.1 Å². The average molecular weight is 494 g/mol. The van der Waals surface area contributed by atoms with E-state index in [1.807, 2.05) is 0 Å². The molecule has 12 nitrogen and oxygen atoms in total. The molecule has 1 aromatic carbocycles. The number of ether oxygens (including phenoxy) is 6. The summed E-state index contributed by atoms with van der Waals surface area (Å²) >= 11 is 0. The Morgan fingerprint density at radius 3 is 1.86 bits per heavy atom. The van der Waals surface area contributed by atoms with Crippen molar-refractivity contribution in [2.45, 2.75) is 58.4 Å². The van der Waals surface area contributed by atoms with Crippen molar-refractivity contribution in [2.75, 3.05) is 6.61 Å².